The number of para-hydroxylation sites is 1. The largest absolute Gasteiger partial charge is 0.496 e. The highest BCUT2D eigenvalue weighted by Crippen LogP contribution is 2.27. The number of benzene rings is 1. The molecular formula is C16H25NO2. The molecule has 0 saturated carbocycles. The van der Waals surface area contributed by atoms with E-state index in [-0.39, 0.29) is 0 Å². The summed E-state index contributed by atoms with van der Waals surface area (Å²) in [4.78, 5) is 0. The second kappa shape index (κ2) is 7.51. The summed E-state index contributed by atoms with van der Waals surface area (Å²) in [5.74, 6) is 1.72. The van der Waals surface area contributed by atoms with E-state index in [2.05, 4.69) is 24.4 Å². The molecule has 1 heterocycles. The molecule has 2 atom stereocenters. The molecule has 1 aliphatic rings. The predicted molar refractivity (Wildman–Crippen MR) is 77.6 cm³/mol. The number of hydrogen-bond donors (Lipinski definition) is 1. The molecule has 0 aliphatic carbocycles. The van der Waals surface area contributed by atoms with E-state index >= 15 is 0 Å². The predicted octanol–water partition coefficient (Wildman–Crippen LogP) is 3.16. The lowest BCUT2D eigenvalue weighted by molar-refractivity contribution is 0.184. The van der Waals surface area contributed by atoms with E-state index in [0.717, 1.165) is 37.8 Å². The van der Waals surface area contributed by atoms with Crippen molar-refractivity contribution < 1.29 is 9.47 Å². The van der Waals surface area contributed by atoms with E-state index in [1.54, 1.807) is 7.11 Å². The quantitative estimate of drug-likeness (QED) is 0.819. The fourth-order valence-corrected chi connectivity index (χ4v) is 2.70. The van der Waals surface area contributed by atoms with Crippen LogP contribution < -0.4 is 10.1 Å². The summed E-state index contributed by atoms with van der Waals surface area (Å²) in [7, 11) is 1.74. The van der Waals surface area contributed by atoms with Crippen LogP contribution in [0.2, 0.25) is 0 Å². The first-order chi connectivity index (χ1) is 9.35. The molecule has 0 radical (unpaired) electrons. The normalized spacial score (nSPS) is 20.4. The maximum atomic E-state index is 5.45. The van der Waals surface area contributed by atoms with Crippen LogP contribution in [-0.4, -0.2) is 26.9 Å². The monoisotopic (exact) mass is 263 g/mol. The Bertz CT molecular complexity index is 375. The molecule has 0 spiro atoms. The Labute approximate surface area is 116 Å². The van der Waals surface area contributed by atoms with Gasteiger partial charge in [-0.3, -0.25) is 0 Å². The van der Waals surface area contributed by atoms with Crippen molar-refractivity contribution in [3.63, 3.8) is 0 Å². The van der Waals surface area contributed by atoms with Gasteiger partial charge in [0.2, 0.25) is 0 Å². The van der Waals surface area contributed by atoms with Crippen molar-refractivity contribution in [2.24, 2.45) is 5.92 Å². The van der Waals surface area contributed by atoms with Gasteiger partial charge in [0, 0.05) is 24.8 Å². The van der Waals surface area contributed by atoms with Gasteiger partial charge in [-0.15, -0.1) is 0 Å². The molecule has 0 bridgehead atoms. The van der Waals surface area contributed by atoms with Gasteiger partial charge in [0.05, 0.1) is 7.11 Å². The molecule has 1 N–H and O–H groups in total. The average Bonchev–Trinajstić information content (AvgIpc) is 2.97. The van der Waals surface area contributed by atoms with Crippen LogP contribution in [0.15, 0.2) is 24.3 Å². The Hall–Kier alpha value is -1.06. The number of rotatable bonds is 7. The zero-order valence-electron chi connectivity index (χ0n) is 12.0. The van der Waals surface area contributed by atoms with Crippen molar-refractivity contribution in [3.05, 3.63) is 29.8 Å². The molecule has 1 aromatic carbocycles. The third kappa shape index (κ3) is 3.95. The van der Waals surface area contributed by atoms with Crippen molar-refractivity contribution in [2.45, 2.75) is 32.2 Å². The van der Waals surface area contributed by atoms with Gasteiger partial charge in [0.1, 0.15) is 5.75 Å². The van der Waals surface area contributed by atoms with Crippen LogP contribution in [0.4, 0.5) is 0 Å². The van der Waals surface area contributed by atoms with Crippen molar-refractivity contribution >= 4 is 0 Å². The molecule has 2 unspecified atom stereocenters. The van der Waals surface area contributed by atoms with Crippen LogP contribution in [-0.2, 0) is 4.74 Å². The van der Waals surface area contributed by atoms with Crippen LogP contribution in [0, 0.1) is 5.92 Å². The smallest absolute Gasteiger partial charge is 0.123 e. The number of methoxy groups -OCH3 is 1. The van der Waals surface area contributed by atoms with Gasteiger partial charge in [-0.1, -0.05) is 25.1 Å². The van der Waals surface area contributed by atoms with Gasteiger partial charge in [-0.25, -0.2) is 0 Å². The van der Waals surface area contributed by atoms with Gasteiger partial charge in [-0.2, -0.15) is 0 Å². The minimum atomic E-state index is 0.374. The van der Waals surface area contributed by atoms with Crippen LogP contribution in [0.5, 0.6) is 5.75 Å². The maximum Gasteiger partial charge on any atom is 0.123 e. The van der Waals surface area contributed by atoms with Gasteiger partial charge in [0.15, 0.2) is 0 Å². The molecule has 1 aliphatic heterocycles. The van der Waals surface area contributed by atoms with Crippen LogP contribution >= 0.6 is 0 Å². The molecule has 1 saturated heterocycles. The van der Waals surface area contributed by atoms with Gasteiger partial charge < -0.3 is 14.8 Å². The van der Waals surface area contributed by atoms with E-state index in [0.29, 0.717) is 6.04 Å². The first-order valence-corrected chi connectivity index (χ1v) is 7.29. The maximum absolute atomic E-state index is 5.45. The highest BCUT2D eigenvalue weighted by atomic mass is 16.5. The van der Waals surface area contributed by atoms with Crippen LogP contribution in [0.1, 0.15) is 37.8 Å². The molecule has 0 aromatic heterocycles. The summed E-state index contributed by atoms with van der Waals surface area (Å²) in [6, 6.07) is 8.65. The fourth-order valence-electron chi connectivity index (χ4n) is 2.70. The van der Waals surface area contributed by atoms with Crippen molar-refractivity contribution in [2.75, 3.05) is 26.9 Å². The van der Waals surface area contributed by atoms with Gasteiger partial charge in [0.25, 0.3) is 0 Å². The summed E-state index contributed by atoms with van der Waals surface area (Å²) in [6.07, 6.45) is 3.49. The lowest BCUT2D eigenvalue weighted by atomic mass is 10.0. The first kappa shape index (κ1) is 14.4. The second-order valence-electron chi connectivity index (χ2n) is 5.18. The van der Waals surface area contributed by atoms with E-state index in [4.69, 9.17) is 9.47 Å². The van der Waals surface area contributed by atoms with Crippen molar-refractivity contribution in [1.82, 2.24) is 5.32 Å². The molecule has 3 nitrogen and oxygen atoms in total. The lowest BCUT2D eigenvalue weighted by Gasteiger charge is -2.20. The molecule has 1 fully saturated rings. The summed E-state index contributed by atoms with van der Waals surface area (Å²) >= 11 is 0. The summed E-state index contributed by atoms with van der Waals surface area (Å²) < 4.78 is 10.9. The third-order valence-corrected chi connectivity index (χ3v) is 3.89. The molecule has 0 amide bonds. The molecule has 3 heteroatoms. The van der Waals surface area contributed by atoms with Gasteiger partial charge >= 0.3 is 0 Å². The Balaban J connectivity index is 1.88. The molecule has 2 rings (SSSR count). The standard InChI is InChI=1S/C16H25NO2/c1-3-15(14-6-4-5-7-16(14)18-2)17-10-8-13-9-11-19-12-13/h4-7,13,15,17H,3,8-12H2,1-2H3. The number of ether oxygens (including phenoxy) is 2. The molecule has 1 aromatic rings. The minimum absolute atomic E-state index is 0.374. The summed E-state index contributed by atoms with van der Waals surface area (Å²) in [6.45, 7) is 5.13. The Morgan fingerprint density at radius 2 is 2.26 bits per heavy atom. The number of nitrogens with one attached hydrogen (secondary N) is 1. The van der Waals surface area contributed by atoms with E-state index < -0.39 is 0 Å². The highest BCUT2D eigenvalue weighted by Gasteiger charge is 2.17. The summed E-state index contributed by atoms with van der Waals surface area (Å²) in [5, 5.41) is 3.65. The SMILES string of the molecule is CCC(NCCC1CCOC1)c1ccccc1OC. The summed E-state index contributed by atoms with van der Waals surface area (Å²) in [5.41, 5.74) is 1.26. The Morgan fingerprint density at radius 3 is 2.95 bits per heavy atom. The molecular weight excluding hydrogens is 238 g/mol. The Morgan fingerprint density at radius 1 is 1.42 bits per heavy atom. The van der Waals surface area contributed by atoms with Crippen LogP contribution in [0.3, 0.4) is 0 Å². The van der Waals surface area contributed by atoms with E-state index in [1.165, 1.54) is 18.4 Å². The first-order valence-electron chi connectivity index (χ1n) is 7.29. The van der Waals surface area contributed by atoms with E-state index in [9.17, 15) is 0 Å². The topological polar surface area (TPSA) is 30.5 Å². The van der Waals surface area contributed by atoms with Crippen molar-refractivity contribution in [1.29, 1.82) is 0 Å². The molecule has 19 heavy (non-hydrogen) atoms. The minimum Gasteiger partial charge on any atom is -0.496 e. The van der Waals surface area contributed by atoms with E-state index in [1.807, 2.05) is 12.1 Å². The zero-order chi connectivity index (χ0) is 13.5. The van der Waals surface area contributed by atoms with Crippen molar-refractivity contribution in [3.8, 4) is 5.75 Å². The lowest BCUT2D eigenvalue weighted by Crippen LogP contribution is -2.24. The number of hydrogen-bond acceptors (Lipinski definition) is 3. The average molecular weight is 263 g/mol. The van der Waals surface area contributed by atoms with Crippen LogP contribution in [0.25, 0.3) is 0 Å². The molecule has 106 valence electrons. The highest BCUT2D eigenvalue weighted by molar-refractivity contribution is 5.35. The Kier molecular flexibility index (Phi) is 5.67. The fraction of sp³-hybridized carbons (Fsp3) is 0.625. The zero-order valence-corrected chi connectivity index (χ0v) is 12.0. The second-order valence-corrected chi connectivity index (χ2v) is 5.18. The van der Waals surface area contributed by atoms with Gasteiger partial charge in [-0.05, 0) is 37.8 Å². The third-order valence-electron chi connectivity index (χ3n) is 3.89.